The molecule has 2 aromatic carbocycles. The van der Waals surface area contributed by atoms with Crippen LogP contribution in [-0.4, -0.2) is 32.1 Å². The zero-order valence-electron chi connectivity index (χ0n) is 19.6. The Kier molecular flexibility index (Phi) is 6.75. The van der Waals surface area contributed by atoms with Crippen LogP contribution < -0.4 is 5.32 Å². The number of hydrogen-bond acceptors (Lipinski definition) is 5. The summed E-state index contributed by atoms with van der Waals surface area (Å²) >= 11 is 0. The van der Waals surface area contributed by atoms with Gasteiger partial charge in [-0.3, -0.25) is 4.79 Å². The standard InChI is InChI=1S/C26H26F3N5O2/c27-26(28,29)20-9-6-18(7-10-20)25(35)30-13-14-34-16-31-21-15-19(8-11-22(21)34)24-32-23(36-33-24)12-5-17-3-1-2-4-17/h6-11,15-17H,1-5,12-14H2,(H,30,35). The summed E-state index contributed by atoms with van der Waals surface area (Å²) < 4.78 is 45.4. The molecule has 0 bridgehead atoms. The van der Waals surface area contributed by atoms with Crippen molar-refractivity contribution in [2.75, 3.05) is 6.54 Å². The number of hydrogen-bond donors (Lipinski definition) is 1. The maximum atomic E-state index is 12.7. The Morgan fingerprint density at radius 2 is 1.89 bits per heavy atom. The highest BCUT2D eigenvalue weighted by atomic mass is 19.4. The number of imidazole rings is 1. The Morgan fingerprint density at radius 1 is 1.11 bits per heavy atom. The van der Waals surface area contributed by atoms with Gasteiger partial charge in [-0.15, -0.1) is 0 Å². The van der Waals surface area contributed by atoms with Crippen molar-refractivity contribution in [2.45, 2.75) is 51.2 Å². The molecular formula is C26H26F3N5O2. The van der Waals surface area contributed by atoms with E-state index in [0.29, 0.717) is 24.8 Å². The Bertz CT molecular complexity index is 1340. The van der Waals surface area contributed by atoms with Gasteiger partial charge >= 0.3 is 6.18 Å². The van der Waals surface area contributed by atoms with Crippen LogP contribution in [-0.2, 0) is 19.1 Å². The van der Waals surface area contributed by atoms with Crippen molar-refractivity contribution < 1.29 is 22.5 Å². The molecule has 2 aromatic heterocycles. The molecule has 0 unspecified atom stereocenters. The van der Waals surface area contributed by atoms with Crippen molar-refractivity contribution in [2.24, 2.45) is 5.92 Å². The molecule has 1 amide bonds. The van der Waals surface area contributed by atoms with E-state index < -0.39 is 17.6 Å². The number of fused-ring (bicyclic) bond motifs is 1. The van der Waals surface area contributed by atoms with Crippen LogP contribution in [0.5, 0.6) is 0 Å². The summed E-state index contributed by atoms with van der Waals surface area (Å²) in [4.78, 5) is 21.3. The minimum absolute atomic E-state index is 0.172. The van der Waals surface area contributed by atoms with E-state index in [-0.39, 0.29) is 5.56 Å². The number of carbonyl (C=O) groups is 1. The van der Waals surface area contributed by atoms with Gasteiger partial charge in [0, 0.05) is 30.6 Å². The number of carbonyl (C=O) groups excluding carboxylic acids is 1. The zero-order chi connectivity index (χ0) is 25.1. The molecule has 1 fully saturated rings. The largest absolute Gasteiger partial charge is 0.416 e. The molecule has 4 aromatic rings. The fourth-order valence-corrected chi connectivity index (χ4v) is 4.68. The number of alkyl halides is 3. The predicted molar refractivity (Wildman–Crippen MR) is 127 cm³/mol. The van der Waals surface area contributed by atoms with Gasteiger partial charge in [0.1, 0.15) is 0 Å². The van der Waals surface area contributed by atoms with Crippen LogP contribution in [0.2, 0.25) is 0 Å². The lowest BCUT2D eigenvalue weighted by atomic mass is 10.0. The van der Waals surface area contributed by atoms with Crippen molar-refractivity contribution in [3.05, 3.63) is 65.8 Å². The van der Waals surface area contributed by atoms with Gasteiger partial charge in [0.15, 0.2) is 0 Å². The van der Waals surface area contributed by atoms with Crippen molar-refractivity contribution in [3.8, 4) is 11.4 Å². The first kappa shape index (κ1) is 24.0. The Morgan fingerprint density at radius 3 is 2.64 bits per heavy atom. The molecule has 7 nitrogen and oxygen atoms in total. The number of nitrogens with zero attached hydrogens (tertiary/aromatic N) is 4. The van der Waals surface area contributed by atoms with Gasteiger partial charge in [-0.1, -0.05) is 30.8 Å². The number of aromatic nitrogens is 4. The van der Waals surface area contributed by atoms with Crippen LogP contribution >= 0.6 is 0 Å². The van der Waals surface area contributed by atoms with Gasteiger partial charge < -0.3 is 14.4 Å². The lowest BCUT2D eigenvalue weighted by Gasteiger charge is -2.09. The van der Waals surface area contributed by atoms with Gasteiger partial charge in [0.05, 0.1) is 22.9 Å². The summed E-state index contributed by atoms with van der Waals surface area (Å²) in [7, 11) is 0. The molecule has 1 saturated carbocycles. The minimum atomic E-state index is -4.43. The Hall–Kier alpha value is -3.69. The first-order valence-corrected chi connectivity index (χ1v) is 12.1. The Labute approximate surface area is 205 Å². The molecule has 0 radical (unpaired) electrons. The summed E-state index contributed by atoms with van der Waals surface area (Å²) in [5, 5.41) is 6.86. The molecule has 5 rings (SSSR count). The molecular weight excluding hydrogens is 471 g/mol. The fraction of sp³-hybridized carbons (Fsp3) is 0.385. The number of rotatable bonds is 8. The molecule has 0 saturated heterocycles. The number of amides is 1. The Balaban J connectivity index is 1.17. The predicted octanol–water partition coefficient (Wildman–Crippen LogP) is 5.66. The maximum absolute atomic E-state index is 12.7. The van der Waals surface area contributed by atoms with Crippen molar-refractivity contribution in [1.29, 1.82) is 0 Å². The second-order valence-electron chi connectivity index (χ2n) is 9.17. The van der Waals surface area contributed by atoms with E-state index in [9.17, 15) is 18.0 Å². The number of halogens is 3. The first-order chi connectivity index (χ1) is 17.4. The van der Waals surface area contributed by atoms with Gasteiger partial charge in [-0.2, -0.15) is 18.2 Å². The van der Waals surface area contributed by atoms with E-state index in [1.807, 2.05) is 22.8 Å². The highest BCUT2D eigenvalue weighted by Gasteiger charge is 2.30. The summed E-state index contributed by atoms with van der Waals surface area (Å²) in [6.07, 6.45) is 4.35. The van der Waals surface area contributed by atoms with E-state index in [0.717, 1.165) is 47.5 Å². The van der Waals surface area contributed by atoms with Crippen molar-refractivity contribution in [3.63, 3.8) is 0 Å². The maximum Gasteiger partial charge on any atom is 0.416 e. The molecule has 0 aliphatic heterocycles. The monoisotopic (exact) mass is 497 g/mol. The van der Waals surface area contributed by atoms with Gasteiger partial charge in [-0.05, 0) is 54.8 Å². The number of benzene rings is 2. The topological polar surface area (TPSA) is 85.8 Å². The second kappa shape index (κ2) is 10.1. The van der Waals surface area contributed by atoms with E-state index in [1.165, 1.54) is 37.8 Å². The van der Waals surface area contributed by atoms with Crippen molar-refractivity contribution in [1.82, 2.24) is 25.0 Å². The van der Waals surface area contributed by atoms with Crippen LogP contribution in [0.4, 0.5) is 13.2 Å². The fourth-order valence-electron chi connectivity index (χ4n) is 4.68. The quantitative estimate of drug-likeness (QED) is 0.340. The normalized spacial score (nSPS) is 14.5. The third-order valence-electron chi connectivity index (χ3n) is 6.70. The second-order valence-corrected chi connectivity index (χ2v) is 9.17. The van der Waals surface area contributed by atoms with Crippen LogP contribution in [0, 0.1) is 5.92 Å². The molecule has 0 atom stereocenters. The lowest BCUT2D eigenvalue weighted by Crippen LogP contribution is -2.27. The summed E-state index contributed by atoms with van der Waals surface area (Å²) in [5.41, 5.74) is 1.85. The SMILES string of the molecule is O=C(NCCn1cnc2cc(-c3noc(CCC4CCCC4)n3)ccc21)c1ccc(C(F)(F)F)cc1. The van der Waals surface area contributed by atoms with E-state index >= 15 is 0 Å². The molecule has 1 aliphatic rings. The molecule has 36 heavy (non-hydrogen) atoms. The molecule has 1 N–H and O–H groups in total. The number of nitrogens with one attached hydrogen (secondary N) is 1. The minimum Gasteiger partial charge on any atom is -0.350 e. The summed E-state index contributed by atoms with van der Waals surface area (Å²) in [6, 6.07) is 9.88. The average molecular weight is 498 g/mol. The van der Waals surface area contributed by atoms with Crippen LogP contribution in [0.1, 0.15) is 53.9 Å². The zero-order valence-corrected chi connectivity index (χ0v) is 19.6. The molecule has 0 spiro atoms. The molecule has 188 valence electrons. The average Bonchev–Trinajstić information content (AvgIpc) is 3.63. The first-order valence-electron chi connectivity index (χ1n) is 12.1. The van der Waals surface area contributed by atoms with Gasteiger partial charge in [0.2, 0.25) is 11.7 Å². The van der Waals surface area contributed by atoms with Crippen LogP contribution in [0.25, 0.3) is 22.4 Å². The smallest absolute Gasteiger partial charge is 0.350 e. The van der Waals surface area contributed by atoms with E-state index in [2.05, 4.69) is 20.4 Å². The third-order valence-corrected chi connectivity index (χ3v) is 6.70. The van der Waals surface area contributed by atoms with Crippen LogP contribution in [0.3, 0.4) is 0 Å². The van der Waals surface area contributed by atoms with Crippen LogP contribution in [0.15, 0.2) is 53.3 Å². The third kappa shape index (κ3) is 5.42. The highest BCUT2D eigenvalue weighted by Crippen LogP contribution is 2.30. The summed E-state index contributed by atoms with van der Waals surface area (Å²) in [5.74, 6) is 1.53. The van der Waals surface area contributed by atoms with E-state index in [1.54, 1.807) is 6.33 Å². The van der Waals surface area contributed by atoms with E-state index in [4.69, 9.17) is 4.52 Å². The van der Waals surface area contributed by atoms with Gasteiger partial charge in [-0.25, -0.2) is 4.98 Å². The lowest BCUT2D eigenvalue weighted by molar-refractivity contribution is -0.137. The van der Waals surface area contributed by atoms with Gasteiger partial charge in [0.25, 0.3) is 5.91 Å². The molecule has 2 heterocycles. The molecule has 1 aliphatic carbocycles. The highest BCUT2D eigenvalue weighted by molar-refractivity contribution is 5.94. The summed E-state index contributed by atoms with van der Waals surface area (Å²) in [6.45, 7) is 0.748. The van der Waals surface area contributed by atoms with Crippen molar-refractivity contribution >= 4 is 16.9 Å². The molecule has 10 heteroatoms. The number of aryl methyl sites for hydroxylation is 1.